The number of carboxylic acid groups (broad SMARTS) is 1. The second-order valence-electron chi connectivity index (χ2n) is 2.40. The van der Waals surface area contributed by atoms with Gasteiger partial charge in [-0.25, -0.2) is 4.79 Å². The molecule has 0 aromatic carbocycles. The largest absolute Gasteiger partial charge is 0.478 e. The number of carboxylic acids is 1. The molecule has 0 saturated carbocycles. The summed E-state index contributed by atoms with van der Waals surface area (Å²) in [6.07, 6.45) is 2.97. The van der Waals surface area contributed by atoms with Crippen LogP contribution in [0.15, 0.2) is 11.6 Å². The van der Waals surface area contributed by atoms with Crippen LogP contribution in [-0.2, 0) is 9.59 Å². The molecule has 4 nitrogen and oxygen atoms in total. The molecule has 1 rings (SSSR count). The molecule has 0 radical (unpaired) electrons. The van der Waals surface area contributed by atoms with Crippen LogP contribution in [0.4, 0.5) is 0 Å². The zero-order chi connectivity index (χ0) is 8.27. The summed E-state index contributed by atoms with van der Waals surface area (Å²) in [6, 6.07) is 0. The van der Waals surface area contributed by atoms with Gasteiger partial charge < -0.3 is 10.0 Å². The molecular formula is C7H9NO3. The number of carbonyl (C=O) groups excluding carboxylic acids is 1. The van der Waals surface area contributed by atoms with Crippen molar-refractivity contribution in [3.63, 3.8) is 0 Å². The van der Waals surface area contributed by atoms with Crippen molar-refractivity contribution in [1.82, 2.24) is 4.90 Å². The van der Waals surface area contributed by atoms with Gasteiger partial charge in [0.05, 0.1) is 12.1 Å². The van der Waals surface area contributed by atoms with Gasteiger partial charge in [-0.1, -0.05) is 6.08 Å². The molecule has 4 heteroatoms. The third-order valence-corrected chi connectivity index (χ3v) is 1.60. The van der Waals surface area contributed by atoms with Gasteiger partial charge in [0.2, 0.25) is 6.41 Å². The van der Waals surface area contributed by atoms with Crippen molar-refractivity contribution in [1.29, 1.82) is 0 Å². The molecule has 0 unspecified atom stereocenters. The topological polar surface area (TPSA) is 57.6 Å². The van der Waals surface area contributed by atoms with E-state index in [9.17, 15) is 9.59 Å². The minimum atomic E-state index is -0.934. The predicted octanol–water partition coefficient (Wildman–Crippen LogP) is -0.140. The van der Waals surface area contributed by atoms with E-state index in [1.807, 2.05) is 0 Å². The van der Waals surface area contributed by atoms with Crippen LogP contribution in [0, 0.1) is 0 Å². The summed E-state index contributed by atoms with van der Waals surface area (Å²) in [5, 5.41) is 8.54. The first-order chi connectivity index (χ1) is 5.24. The Kier molecular flexibility index (Phi) is 2.25. The summed E-state index contributed by atoms with van der Waals surface area (Å²) in [6.45, 7) is 0.860. The standard InChI is InChI=1S/C7H9NO3/c9-5-8-3-1-2-6(4-8)7(10)11/h2,5H,1,3-4H2,(H,10,11). The van der Waals surface area contributed by atoms with Crippen LogP contribution in [0.5, 0.6) is 0 Å². The Bertz CT molecular complexity index is 210. The first-order valence-electron chi connectivity index (χ1n) is 3.35. The summed E-state index contributed by atoms with van der Waals surface area (Å²) in [5.41, 5.74) is 0.309. The van der Waals surface area contributed by atoms with Gasteiger partial charge in [-0.15, -0.1) is 0 Å². The molecule has 11 heavy (non-hydrogen) atoms. The molecule has 0 aromatic heterocycles. The zero-order valence-electron chi connectivity index (χ0n) is 5.99. The van der Waals surface area contributed by atoms with Crippen LogP contribution in [-0.4, -0.2) is 35.5 Å². The van der Waals surface area contributed by atoms with Gasteiger partial charge in [0.15, 0.2) is 0 Å². The van der Waals surface area contributed by atoms with E-state index in [0.717, 1.165) is 0 Å². The molecule has 0 spiro atoms. The Morgan fingerprint density at radius 2 is 2.45 bits per heavy atom. The Balaban J connectivity index is 2.62. The van der Waals surface area contributed by atoms with Gasteiger partial charge in [0.1, 0.15) is 0 Å². The normalized spacial score (nSPS) is 17.5. The number of hydrogen-bond donors (Lipinski definition) is 1. The summed E-state index contributed by atoms with van der Waals surface area (Å²) in [4.78, 5) is 22.1. The zero-order valence-corrected chi connectivity index (χ0v) is 5.99. The molecule has 0 atom stereocenters. The number of carbonyl (C=O) groups is 2. The smallest absolute Gasteiger partial charge is 0.333 e. The maximum Gasteiger partial charge on any atom is 0.333 e. The number of amides is 1. The van der Waals surface area contributed by atoms with Gasteiger partial charge in [-0.3, -0.25) is 4.79 Å². The lowest BCUT2D eigenvalue weighted by atomic mass is 10.1. The Labute approximate surface area is 64.1 Å². The van der Waals surface area contributed by atoms with Crippen LogP contribution in [0.2, 0.25) is 0 Å². The lowest BCUT2D eigenvalue weighted by molar-refractivity contribution is -0.133. The highest BCUT2D eigenvalue weighted by Crippen LogP contribution is 2.07. The van der Waals surface area contributed by atoms with Gasteiger partial charge in [0.25, 0.3) is 0 Å². The summed E-state index contributed by atoms with van der Waals surface area (Å²) in [7, 11) is 0. The average molecular weight is 155 g/mol. The van der Waals surface area contributed by atoms with Crippen molar-refractivity contribution in [3.8, 4) is 0 Å². The Morgan fingerprint density at radius 1 is 1.73 bits per heavy atom. The van der Waals surface area contributed by atoms with E-state index in [1.54, 1.807) is 6.08 Å². The van der Waals surface area contributed by atoms with Crippen LogP contribution in [0.1, 0.15) is 6.42 Å². The van der Waals surface area contributed by atoms with Crippen LogP contribution < -0.4 is 0 Å². The number of rotatable bonds is 2. The third-order valence-electron chi connectivity index (χ3n) is 1.60. The number of nitrogens with zero attached hydrogens (tertiary/aromatic N) is 1. The summed E-state index contributed by atoms with van der Waals surface area (Å²) < 4.78 is 0. The minimum absolute atomic E-state index is 0.235. The van der Waals surface area contributed by atoms with E-state index in [-0.39, 0.29) is 6.54 Å². The number of hydrogen-bond acceptors (Lipinski definition) is 2. The van der Waals surface area contributed by atoms with Crippen molar-refractivity contribution >= 4 is 12.4 Å². The number of aliphatic carboxylic acids is 1. The summed E-state index contributed by atoms with van der Waals surface area (Å²) in [5.74, 6) is -0.934. The van der Waals surface area contributed by atoms with Gasteiger partial charge in [-0.05, 0) is 6.42 Å². The van der Waals surface area contributed by atoms with E-state index in [2.05, 4.69) is 0 Å². The van der Waals surface area contributed by atoms with Crippen molar-refractivity contribution in [3.05, 3.63) is 11.6 Å². The summed E-state index contributed by atoms with van der Waals surface area (Å²) >= 11 is 0. The molecule has 1 amide bonds. The highest BCUT2D eigenvalue weighted by atomic mass is 16.4. The molecule has 1 heterocycles. The molecule has 1 aliphatic rings. The Morgan fingerprint density at radius 3 is 3.00 bits per heavy atom. The molecule has 0 aliphatic carbocycles. The fourth-order valence-electron chi connectivity index (χ4n) is 1.01. The molecule has 0 fully saturated rings. The second kappa shape index (κ2) is 3.18. The van der Waals surface area contributed by atoms with Crippen molar-refractivity contribution in [2.24, 2.45) is 0 Å². The maximum absolute atomic E-state index is 10.4. The molecule has 0 bridgehead atoms. The lowest BCUT2D eigenvalue weighted by Gasteiger charge is -2.20. The molecule has 0 aromatic rings. The molecule has 60 valence electrons. The SMILES string of the molecule is O=CN1CCC=C(C(=O)O)C1. The molecule has 1 aliphatic heterocycles. The van der Waals surface area contributed by atoms with Crippen LogP contribution in [0.3, 0.4) is 0 Å². The minimum Gasteiger partial charge on any atom is -0.478 e. The predicted molar refractivity (Wildman–Crippen MR) is 38.0 cm³/mol. The van der Waals surface area contributed by atoms with Gasteiger partial charge in [-0.2, -0.15) is 0 Å². The maximum atomic E-state index is 10.4. The third kappa shape index (κ3) is 1.80. The first-order valence-corrected chi connectivity index (χ1v) is 3.35. The fraction of sp³-hybridized carbons (Fsp3) is 0.429. The van der Waals surface area contributed by atoms with Crippen molar-refractivity contribution in [2.75, 3.05) is 13.1 Å². The molecule has 0 saturated heterocycles. The van der Waals surface area contributed by atoms with E-state index in [4.69, 9.17) is 5.11 Å². The molecule has 1 N–H and O–H groups in total. The van der Waals surface area contributed by atoms with Crippen LogP contribution in [0.25, 0.3) is 0 Å². The van der Waals surface area contributed by atoms with E-state index in [1.165, 1.54) is 4.90 Å². The van der Waals surface area contributed by atoms with Gasteiger partial charge >= 0.3 is 5.97 Å². The monoisotopic (exact) mass is 155 g/mol. The van der Waals surface area contributed by atoms with E-state index >= 15 is 0 Å². The first kappa shape index (κ1) is 7.78. The van der Waals surface area contributed by atoms with E-state index in [0.29, 0.717) is 24.9 Å². The fourth-order valence-corrected chi connectivity index (χ4v) is 1.01. The van der Waals surface area contributed by atoms with Crippen molar-refractivity contribution in [2.45, 2.75) is 6.42 Å². The quantitative estimate of drug-likeness (QED) is 0.564. The van der Waals surface area contributed by atoms with Crippen LogP contribution >= 0.6 is 0 Å². The van der Waals surface area contributed by atoms with Crippen molar-refractivity contribution < 1.29 is 14.7 Å². The highest BCUT2D eigenvalue weighted by molar-refractivity contribution is 5.87. The van der Waals surface area contributed by atoms with E-state index < -0.39 is 5.97 Å². The highest BCUT2D eigenvalue weighted by Gasteiger charge is 2.14. The second-order valence-corrected chi connectivity index (χ2v) is 2.40. The Hall–Kier alpha value is -1.32. The molecular weight excluding hydrogens is 146 g/mol. The average Bonchev–Trinajstić information content (AvgIpc) is 2.05. The van der Waals surface area contributed by atoms with Gasteiger partial charge in [0, 0.05) is 6.54 Å². The lowest BCUT2D eigenvalue weighted by Crippen LogP contribution is -2.30.